The van der Waals surface area contributed by atoms with E-state index < -0.39 is 0 Å². The molecule has 0 aliphatic heterocycles. The molecule has 0 saturated heterocycles. The average molecular weight is 185 g/mol. The van der Waals surface area contributed by atoms with E-state index >= 15 is 0 Å². The molecule has 0 atom stereocenters. The topological polar surface area (TPSA) is 23.8 Å². The van der Waals surface area contributed by atoms with E-state index in [2.05, 4.69) is 32.0 Å². The molecule has 1 aromatic rings. The Balaban J connectivity index is 3.38. The van der Waals surface area contributed by atoms with E-state index in [0.29, 0.717) is 0 Å². The molecule has 14 heavy (non-hydrogen) atoms. The highest BCUT2D eigenvalue weighted by Crippen LogP contribution is 2.22. The molecule has 0 aliphatic carbocycles. The summed E-state index contributed by atoms with van der Waals surface area (Å²) >= 11 is 0. The van der Waals surface area contributed by atoms with Crippen molar-refractivity contribution in [2.45, 2.75) is 27.7 Å². The van der Waals surface area contributed by atoms with Gasteiger partial charge in [0.05, 0.1) is 11.6 Å². The maximum atomic E-state index is 8.95. The fraction of sp³-hybridized carbons (Fsp3) is 0.308. The summed E-state index contributed by atoms with van der Waals surface area (Å²) in [5.41, 5.74) is 5.49. The highest BCUT2D eigenvalue weighted by Gasteiger charge is 2.05. The third-order valence-corrected chi connectivity index (χ3v) is 2.54. The minimum absolute atomic E-state index is 0.755. The van der Waals surface area contributed by atoms with Crippen molar-refractivity contribution in [1.29, 1.82) is 5.26 Å². The molecule has 72 valence electrons. The van der Waals surface area contributed by atoms with Crippen molar-refractivity contribution < 1.29 is 0 Å². The van der Waals surface area contributed by atoms with Gasteiger partial charge in [0.2, 0.25) is 0 Å². The fourth-order valence-corrected chi connectivity index (χ4v) is 1.53. The van der Waals surface area contributed by atoms with Gasteiger partial charge in [-0.25, -0.2) is 0 Å². The molecule has 0 amide bonds. The van der Waals surface area contributed by atoms with E-state index in [9.17, 15) is 0 Å². The lowest BCUT2D eigenvalue weighted by Crippen LogP contribution is -1.91. The van der Waals surface area contributed by atoms with Gasteiger partial charge in [-0.05, 0) is 49.9 Å². The van der Waals surface area contributed by atoms with Gasteiger partial charge >= 0.3 is 0 Å². The highest BCUT2D eigenvalue weighted by molar-refractivity contribution is 5.78. The molecule has 0 saturated carbocycles. The van der Waals surface area contributed by atoms with Crippen LogP contribution in [0.25, 0.3) is 5.57 Å². The molecule has 0 heterocycles. The third-order valence-electron chi connectivity index (χ3n) is 2.54. The number of hydrogen-bond acceptors (Lipinski definition) is 1. The van der Waals surface area contributed by atoms with E-state index in [1.807, 2.05) is 19.9 Å². The molecule has 1 heteroatoms. The number of allylic oxidation sites excluding steroid dienone is 2. The van der Waals surface area contributed by atoms with Crippen LogP contribution < -0.4 is 0 Å². The van der Waals surface area contributed by atoms with Gasteiger partial charge < -0.3 is 0 Å². The number of nitrogens with zero attached hydrogens (tertiary/aromatic N) is 1. The molecule has 1 aromatic carbocycles. The molecule has 0 spiro atoms. The first kappa shape index (κ1) is 10.5. The van der Waals surface area contributed by atoms with Crippen LogP contribution in [0, 0.1) is 32.1 Å². The zero-order valence-corrected chi connectivity index (χ0v) is 9.18. The fourth-order valence-electron chi connectivity index (χ4n) is 1.53. The lowest BCUT2D eigenvalue weighted by Gasteiger charge is -2.08. The predicted molar refractivity (Wildman–Crippen MR) is 59.9 cm³/mol. The summed E-state index contributed by atoms with van der Waals surface area (Å²) in [4.78, 5) is 0. The Bertz CT molecular complexity index is 420. The van der Waals surface area contributed by atoms with E-state index in [1.54, 1.807) is 0 Å². The Morgan fingerprint density at radius 3 is 2.21 bits per heavy atom. The number of aryl methyl sites for hydroxylation is 3. The first-order valence-electron chi connectivity index (χ1n) is 4.74. The van der Waals surface area contributed by atoms with Crippen molar-refractivity contribution in [3.63, 3.8) is 0 Å². The van der Waals surface area contributed by atoms with Crippen molar-refractivity contribution in [3.05, 3.63) is 40.5 Å². The first-order valence-corrected chi connectivity index (χ1v) is 4.74. The molecule has 0 fully saturated rings. The number of hydrogen-bond donors (Lipinski definition) is 0. The second-order valence-electron chi connectivity index (χ2n) is 3.57. The summed E-state index contributed by atoms with van der Waals surface area (Å²) in [6.07, 6.45) is 1.86. The zero-order valence-electron chi connectivity index (χ0n) is 9.18. The third kappa shape index (κ3) is 1.85. The Labute approximate surface area is 85.7 Å². The SMILES string of the molecule is C/C=C(\C#N)c1cc(C)c(C)cc1C. The molecular formula is C13H15N. The lowest BCUT2D eigenvalue weighted by atomic mass is 9.96. The monoisotopic (exact) mass is 185 g/mol. The molecule has 0 radical (unpaired) electrons. The molecular weight excluding hydrogens is 170 g/mol. The molecule has 0 aromatic heterocycles. The summed E-state index contributed by atoms with van der Waals surface area (Å²) in [5, 5.41) is 8.95. The molecule has 0 aliphatic rings. The summed E-state index contributed by atoms with van der Waals surface area (Å²) in [7, 11) is 0. The van der Waals surface area contributed by atoms with E-state index in [4.69, 9.17) is 5.26 Å². The van der Waals surface area contributed by atoms with E-state index in [0.717, 1.165) is 11.1 Å². The summed E-state index contributed by atoms with van der Waals surface area (Å²) in [5.74, 6) is 0. The highest BCUT2D eigenvalue weighted by atomic mass is 14.2. The van der Waals surface area contributed by atoms with Crippen LogP contribution in [0.1, 0.15) is 29.2 Å². The van der Waals surface area contributed by atoms with Gasteiger partial charge in [-0.15, -0.1) is 0 Å². The minimum atomic E-state index is 0.755. The predicted octanol–water partition coefficient (Wildman–Crippen LogP) is 3.54. The summed E-state index contributed by atoms with van der Waals surface area (Å²) in [6.45, 7) is 8.10. The Kier molecular flexibility index (Phi) is 3.09. The maximum Gasteiger partial charge on any atom is 0.0994 e. The molecule has 0 bridgehead atoms. The van der Waals surface area contributed by atoms with Crippen molar-refractivity contribution in [2.75, 3.05) is 0 Å². The number of rotatable bonds is 1. The van der Waals surface area contributed by atoms with Gasteiger partial charge in [-0.1, -0.05) is 18.2 Å². The van der Waals surface area contributed by atoms with Crippen molar-refractivity contribution in [1.82, 2.24) is 0 Å². The maximum absolute atomic E-state index is 8.95. The second-order valence-corrected chi connectivity index (χ2v) is 3.57. The first-order chi connectivity index (χ1) is 6.60. The van der Waals surface area contributed by atoms with Crippen LogP contribution in [0.4, 0.5) is 0 Å². The van der Waals surface area contributed by atoms with Crippen molar-refractivity contribution >= 4 is 5.57 Å². The second kappa shape index (κ2) is 4.11. The van der Waals surface area contributed by atoms with Gasteiger partial charge in [0.15, 0.2) is 0 Å². The van der Waals surface area contributed by atoms with Gasteiger partial charge in [-0.2, -0.15) is 5.26 Å². The van der Waals surface area contributed by atoms with Crippen LogP contribution >= 0.6 is 0 Å². The van der Waals surface area contributed by atoms with Gasteiger partial charge in [-0.3, -0.25) is 0 Å². The Hall–Kier alpha value is -1.55. The van der Waals surface area contributed by atoms with Crippen LogP contribution in [-0.4, -0.2) is 0 Å². The zero-order chi connectivity index (χ0) is 10.7. The van der Waals surface area contributed by atoms with Gasteiger partial charge in [0.25, 0.3) is 0 Å². The van der Waals surface area contributed by atoms with Crippen molar-refractivity contribution in [3.8, 4) is 6.07 Å². The molecule has 0 unspecified atom stereocenters. The van der Waals surface area contributed by atoms with E-state index in [1.165, 1.54) is 16.7 Å². The number of nitriles is 1. The normalized spacial score (nSPS) is 11.2. The van der Waals surface area contributed by atoms with Crippen molar-refractivity contribution in [2.24, 2.45) is 0 Å². The van der Waals surface area contributed by atoms with Gasteiger partial charge in [0.1, 0.15) is 0 Å². The summed E-state index contributed by atoms with van der Waals surface area (Å²) in [6, 6.07) is 6.43. The summed E-state index contributed by atoms with van der Waals surface area (Å²) < 4.78 is 0. The van der Waals surface area contributed by atoms with Crippen LogP contribution in [0.2, 0.25) is 0 Å². The van der Waals surface area contributed by atoms with Gasteiger partial charge in [0, 0.05) is 0 Å². The molecule has 1 nitrogen and oxygen atoms in total. The standard InChI is InChI=1S/C13H15N/c1-5-12(8-14)13-7-10(3)9(2)6-11(13)4/h5-7H,1-4H3/b12-5+. The van der Waals surface area contributed by atoms with Crippen LogP contribution in [0.5, 0.6) is 0 Å². The smallest absolute Gasteiger partial charge is 0.0994 e. The minimum Gasteiger partial charge on any atom is -0.192 e. The quantitative estimate of drug-likeness (QED) is 0.614. The largest absolute Gasteiger partial charge is 0.192 e. The van der Waals surface area contributed by atoms with E-state index in [-0.39, 0.29) is 0 Å². The van der Waals surface area contributed by atoms with Crippen LogP contribution in [0.3, 0.4) is 0 Å². The lowest BCUT2D eigenvalue weighted by molar-refractivity contribution is 1.28. The van der Waals surface area contributed by atoms with Crippen LogP contribution in [-0.2, 0) is 0 Å². The Morgan fingerprint density at radius 2 is 1.71 bits per heavy atom. The van der Waals surface area contributed by atoms with Crippen LogP contribution in [0.15, 0.2) is 18.2 Å². The Morgan fingerprint density at radius 1 is 1.14 bits per heavy atom. The number of benzene rings is 1. The molecule has 0 N–H and O–H groups in total. The average Bonchev–Trinajstić information content (AvgIpc) is 2.15. The molecule has 1 rings (SSSR count).